The number of carbonyl (C=O) groups is 1. The molecule has 0 saturated heterocycles. The van der Waals surface area contributed by atoms with E-state index in [-0.39, 0.29) is 12.5 Å². The monoisotopic (exact) mass is 1050 g/mol. The average molecular weight is 1050 g/mol. The lowest BCUT2D eigenvalue weighted by molar-refractivity contribution is -0.870. The molecule has 0 aliphatic carbocycles. The van der Waals surface area contributed by atoms with Crippen molar-refractivity contribution in [2.24, 2.45) is 0 Å². The molecule has 430 valence electrons. The van der Waals surface area contributed by atoms with Crippen molar-refractivity contribution >= 4 is 13.7 Å². The predicted octanol–water partition coefficient (Wildman–Crippen LogP) is 18.9. The Balaban J connectivity index is 4.08. The molecule has 0 aromatic rings. The quantitative estimate of drug-likeness (QED) is 0.0272. The summed E-state index contributed by atoms with van der Waals surface area (Å²) in [6.07, 6.45) is 73.6. The van der Waals surface area contributed by atoms with Gasteiger partial charge < -0.3 is 28.8 Å². The molecular formula is C64H123N2O6P. The van der Waals surface area contributed by atoms with Crippen LogP contribution in [0.1, 0.15) is 303 Å². The number of allylic oxidation sites excluding steroid dienone is 7. The van der Waals surface area contributed by atoms with Crippen LogP contribution in [0, 0.1) is 0 Å². The molecular weight excluding hydrogens is 924 g/mol. The van der Waals surface area contributed by atoms with Crippen molar-refractivity contribution in [3.8, 4) is 0 Å². The van der Waals surface area contributed by atoms with E-state index < -0.39 is 26.6 Å². The van der Waals surface area contributed by atoms with E-state index in [2.05, 4.69) is 55.6 Å². The molecule has 0 spiro atoms. The van der Waals surface area contributed by atoms with Crippen LogP contribution < -0.4 is 10.2 Å². The van der Waals surface area contributed by atoms with Crippen molar-refractivity contribution in [1.82, 2.24) is 5.32 Å². The van der Waals surface area contributed by atoms with Crippen LogP contribution in [0.3, 0.4) is 0 Å². The third-order valence-corrected chi connectivity index (χ3v) is 15.2. The Kier molecular flexibility index (Phi) is 54.1. The van der Waals surface area contributed by atoms with Gasteiger partial charge in [-0.2, -0.15) is 0 Å². The summed E-state index contributed by atoms with van der Waals surface area (Å²) in [5.74, 6) is -0.207. The summed E-state index contributed by atoms with van der Waals surface area (Å²) in [7, 11) is 1.24. The number of amides is 1. The maximum absolute atomic E-state index is 13.0. The minimum absolute atomic E-state index is 0.00857. The summed E-state index contributed by atoms with van der Waals surface area (Å²) >= 11 is 0. The summed E-state index contributed by atoms with van der Waals surface area (Å²) in [4.78, 5) is 25.5. The Labute approximate surface area is 454 Å². The average Bonchev–Trinajstić information content (AvgIpc) is 3.35. The summed E-state index contributed by atoms with van der Waals surface area (Å²) in [5, 5.41) is 13.9. The molecule has 2 N–H and O–H groups in total. The summed E-state index contributed by atoms with van der Waals surface area (Å²) in [6.45, 7) is 4.65. The number of phosphoric ester groups is 1. The highest BCUT2D eigenvalue weighted by Crippen LogP contribution is 2.38. The normalized spacial score (nSPS) is 14.1. The Morgan fingerprint density at radius 2 is 0.767 bits per heavy atom. The van der Waals surface area contributed by atoms with Gasteiger partial charge in [-0.05, 0) is 70.6 Å². The maximum Gasteiger partial charge on any atom is 0.268 e. The molecule has 0 aliphatic rings. The zero-order valence-corrected chi connectivity index (χ0v) is 50.0. The standard InChI is InChI=1S/C64H123N2O6P/c1-6-8-10-12-14-16-18-20-22-24-26-27-28-29-30-31-32-33-34-35-36-37-38-39-40-42-44-46-48-50-52-54-56-58-64(68)65-62(61-72-73(69,70)71-60-59-66(3,4)5)63(67)57-55-53-51-49-47-45-43-41-25-23-21-19-17-15-13-11-9-7-2/h25,29-30,41,47,49,55,57,62-63,67H,6-24,26-28,31-40,42-46,48,50-54,56,58-61H2,1-5H3,(H-,65,68,69,70)/b30-29-,41-25+,49-47+,57-55+. The number of nitrogens with one attached hydrogen (secondary N) is 1. The van der Waals surface area contributed by atoms with Crippen molar-refractivity contribution in [2.45, 2.75) is 315 Å². The van der Waals surface area contributed by atoms with Crippen LogP contribution in [0.2, 0.25) is 0 Å². The van der Waals surface area contributed by atoms with Gasteiger partial charge in [0.05, 0.1) is 39.9 Å². The van der Waals surface area contributed by atoms with Gasteiger partial charge in [-0.25, -0.2) is 0 Å². The maximum atomic E-state index is 13.0. The first-order valence-electron chi connectivity index (χ1n) is 31.5. The largest absolute Gasteiger partial charge is 0.756 e. The molecule has 8 nitrogen and oxygen atoms in total. The number of rotatable bonds is 58. The van der Waals surface area contributed by atoms with Gasteiger partial charge in [0.2, 0.25) is 5.91 Å². The van der Waals surface area contributed by atoms with E-state index in [0.717, 1.165) is 44.9 Å². The fraction of sp³-hybridized carbons (Fsp3) is 0.859. The van der Waals surface area contributed by atoms with E-state index in [1.807, 2.05) is 27.2 Å². The number of quaternary nitrogens is 1. The highest BCUT2D eigenvalue weighted by atomic mass is 31.2. The van der Waals surface area contributed by atoms with Gasteiger partial charge in [0.1, 0.15) is 13.2 Å². The molecule has 0 fully saturated rings. The van der Waals surface area contributed by atoms with Gasteiger partial charge in [-0.1, -0.05) is 274 Å². The fourth-order valence-electron chi connectivity index (χ4n) is 9.30. The number of carbonyl (C=O) groups excluding carboxylic acids is 1. The van der Waals surface area contributed by atoms with E-state index in [4.69, 9.17) is 9.05 Å². The van der Waals surface area contributed by atoms with Crippen LogP contribution >= 0.6 is 7.82 Å². The number of hydrogen-bond acceptors (Lipinski definition) is 6. The number of hydrogen-bond donors (Lipinski definition) is 2. The summed E-state index contributed by atoms with van der Waals surface area (Å²) in [5.41, 5.74) is 0. The number of unbranched alkanes of at least 4 members (excludes halogenated alkanes) is 39. The molecule has 0 bridgehead atoms. The lowest BCUT2D eigenvalue weighted by atomic mass is 10.0. The second-order valence-electron chi connectivity index (χ2n) is 22.7. The molecule has 9 heteroatoms. The van der Waals surface area contributed by atoms with Crippen molar-refractivity contribution in [1.29, 1.82) is 0 Å². The predicted molar refractivity (Wildman–Crippen MR) is 316 cm³/mol. The number of aliphatic hydroxyl groups is 1. The molecule has 0 aliphatic heterocycles. The van der Waals surface area contributed by atoms with Crippen molar-refractivity contribution in [3.05, 3.63) is 48.6 Å². The first-order chi connectivity index (χ1) is 35.5. The third-order valence-electron chi connectivity index (χ3n) is 14.2. The van der Waals surface area contributed by atoms with Gasteiger partial charge in [-0.15, -0.1) is 0 Å². The number of aliphatic hydroxyl groups excluding tert-OH is 1. The zero-order chi connectivity index (χ0) is 53.5. The first kappa shape index (κ1) is 71.5. The van der Waals surface area contributed by atoms with Crippen molar-refractivity contribution in [3.63, 3.8) is 0 Å². The molecule has 3 unspecified atom stereocenters. The van der Waals surface area contributed by atoms with Gasteiger partial charge in [0.25, 0.3) is 7.82 Å². The Morgan fingerprint density at radius 1 is 0.466 bits per heavy atom. The molecule has 0 rings (SSSR count). The molecule has 1 amide bonds. The topological polar surface area (TPSA) is 108 Å². The number of phosphoric acid groups is 1. The van der Waals surface area contributed by atoms with Crippen molar-refractivity contribution in [2.75, 3.05) is 40.9 Å². The second-order valence-corrected chi connectivity index (χ2v) is 24.2. The van der Waals surface area contributed by atoms with Crippen LogP contribution in [-0.4, -0.2) is 68.5 Å². The molecule has 0 aromatic heterocycles. The smallest absolute Gasteiger partial charge is 0.268 e. The highest BCUT2D eigenvalue weighted by Gasteiger charge is 2.23. The lowest BCUT2D eigenvalue weighted by Gasteiger charge is -2.29. The summed E-state index contributed by atoms with van der Waals surface area (Å²) in [6, 6.07) is -0.910. The van der Waals surface area contributed by atoms with Crippen LogP contribution in [0.5, 0.6) is 0 Å². The van der Waals surface area contributed by atoms with Crippen LogP contribution in [-0.2, 0) is 18.4 Å². The minimum Gasteiger partial charge on any atom is -0.756 e. The molecule has 0 aromatic carbocycles. The van der Waals surface area contributed by atoms with Crippen molar-refractivity contribution < 1.29 is 32.9 Å². The highest BCUT2D eigenvalue weighted by molar-refractivity contribution is 7.45. The van der Waals surface area contributed by atoms with E-state index >= 15 is 0 Å². The SMILES string of the molecule is CCCCCCCCCC/C=C/CC/C=C/CC/C=C/C(O)C(COP(=O)([O-])OCC[N+](C)(C)C)NC(=O)CCCCCCCCCCCCCCCCCCC/C=C\CCCCCCCCCCCCCC. The molecule has 0 radical (unpaired) electrons. The van der Waals surface area contributed by atoms with Crippen LogP contribution in [0.15, 0.2) is 48.6 Å². The van der Waals surface area contributed by atoms with Gasteiger partial charge in [0.15, 0.2) is 0 Å². The molecule has 0 heterocycles. The van der Waals surface area contributed by atoms with E-state index in [1.165, 1.54) is 238 Å². The second kappa shape index (κ2) is 55.2. The minimum atomic E-state index is -4.61. The number of nitrogens with zero attached hydrogens (tertiary/aromatic N) is 1. The summed E-state index contributed by atoms with van der Waals surface area (Å²) < 4.78 is 23.3. The van der Waals surface area contributed by atoms with Crippen LogP contribution in [0.25, 0.3) is 0 Å². The number of likely N-dealkylation sites (N-methyl/N-ethyl adjacent to an activating group) is 1. The first-order valence-corrected chi connectivity index (χ1v) is 33.0. The van der Waals surface area contributed by atoms with Gasteiger partial charge >= 0.3 is 0 Å². The molecule has 73 heavy (non-hydrogen) atoms. The Morgan fingerprint density at radius 3 is 1.11 bits per heavy atom. The molecule has 3 atom stereocenters. The Hall–Kier alpha value is -1.54. The van der Waals surface area contributed by atoms with Gasteiger partial charge in [0, 0.05) is 6.42 Å². The Bertz CT molecular complexity index is 1330. The lowest BCUT2D eigenvalue weighted by Crippen LogP contribution is -2.45. The third kappa shape index (κ3) is 58.0. The molecule has 0 saturated carbocycles. The fourth-order valence-corrected chi connectivity index (χ4v) is 10.0. The van der Waals surface area contributed by atoms with E-state index in [1.54, 1.807) is 6.08 Å². The van der Waals surface area contributed by atoms with E-state index in [0.29, 0.717) is 17.4 Å². The van der Waals surface area contributed by atoms with Crippen LogP contribution in [0.4, 0.5) is 0 Å². The van der Waals surface area contributed by atoms with Gasteiger partial charge in [-0.3, -0.25) is 9.36 Å². The zero-order valence-electron chi connectivity index (χ0n) is 49.1. The van der Waals surface area contributed by atoms with E-state index in [9.17, 15) is 19.4 Å².